The molecule has 0 amide bonds. The Morgan fingerprint density at radius 3 is 1.82 bits per heavy atom. The highest BCUT2D eigenvalue weighted by Gasteiger charge is 2.19. The van der Waals surface area contributed by atoms with Gasteiger partial charge in [0.05, 0.1) is 11.0 Å². The maximum atomic E-state index is 6.32. The van der Waals surface area contributed by atoms with Crippen LogP contribution in [0.25, 0.3) is 93.8 Å². The van der Waals surface area contributed by atoms with Gasteiger partial charge in [0, 0.05) is 44.5 Å². The van der Waals surface area contributed by atoms with E-state index < -0.39 is 0 Å². The highest BCUT2D eigenvalue weighted by Crippen LogP contribution is 2.42. The standard InChI is InChI=1S/C57H37N3O/c1-3-13-42(14-4-1)57-58-56-54(61-57)35-28-41-16-11-20-49(55(41)56)40-26-31-47(32-27-40)59(46-29-24-39(25-30-46)44-23-22-38-12-7-8-15-43(38)36-44)48-33-34-51-50-19-9-10-21-52(50)60(53(51)37-48)45-17-5-2-6-18-45/h1-37H. The van der Waals surface area contributed by atoms with E-state index in [-0.39, 0.29) is 0 Å². The molecule has 2 aromatic heterocycles. The molecule has 0 aliphatic carbocycles. The normalized spacial score (nSPS) is 11.6. The zero-order chi connectivity index (χ0) is 40.3. The Labute approximate surface area is 352 Å². The molecule has 0 radical (unpaired) electrons. The molecular weight excluding hydrogens is 743 g/mol. The molecule has 0 fully saturated rings. The zero-order valence-electron chi connectivity index (χ0n) is 33.1. The van der Waals surface area contributed by atoms with Crippen LogP contribution in [0.2, 0.25) is 0 Å². The second kappa shape index (κ2) is 14.3. The van der Waals surface area contributed by atoms with Crippen LogP contribution in [0.1, 0.15) is 0 Å². The summed E-state index contributed by atoms with van der Waals surface area (Å²) in [6, 6.07) is 80.1. The smallest absolute Gasteiger partial charge is 0.227 e. The van der Waals surface area contributed by atoms with Crippen LogP contribution in [0.3, 0.4) is 0 Å². The van der Waals surface area contributed by atoms with Crippen molar-refractivity contribution in [3.05, 3.63) is 224 Å². The van der Waals surface area contributed by atoms with Gasteiger partial charge in [0.25, 0.3) is 0 Å². The Hall–Kier alpha value is -8.21. The van der Waals surface area contributed by atoms with Gasteiger partial charge in [-0.25, -0.2) is 4.98 Å². The first-order valence-electron chi connectivity index (χ1n) is 20.7. The van der Waals surface area contributed by atoms with E-state index in [1.807, 2.05) is 36.4 Å². The van der Waals surface area contributed by atoms with Gasteiger partial charge in [0.1, 0.15) is 5.52 Å². The molecule has 4 nitrogen and oxygen atoms in total. The fourth-order valence-electron chi connectivity index (χ4n) is 9.07. The van der Waals surface area contributed by atoms with Crippen molar-refractivity contribution in [2.45, 2.75) is 0 Å². The van der Waals surface area contributed by atoms with Crippen molar-refractivity contribution >= 4 is 71.5 Å². The number of benzene rings is 10. The summed E-state index contributed by atoms with van der Waals surface area (Å²) >= 11 is 0. The summed E-state index contributed by atoms with van der Waals surface area (Å²) in [4.78, 5) is 7.43. The average molecular weight is 780 g/mol. The van der Waals surface area contributed by atoms with Gasteiger partial charge >= 0.3 is 0 Å². The van der Waals surface area contributed by atoms with Crippen LogP contribution >= 0.6 is 0 Å². The third kappa shape index (κ3) is 5.96. The summed E-state index contributed by atoms with van der Waals surface area (Å²) in [5, 5.41) is 7.13. The van der Waals surface area contributed by atoms with Crippen molar-refractivity contribution in [1.29, 1.82) is 0 Å². The number of oxazole rings is 1. The van der Waals surface area contributed by atoms with Gasteiger partial charge in [-0.1, -0.05) is 146 Å². The highest BCUT2D eigenvalue weighted by atomic mass is 16.3. The Morgan fingerprint density at radius 2 is 1.02 bits per heavy atom. The van der Waals surface area contributed by atoms with Crippen molar-refractivity contribution < 1.29 is 4.42 Å². The van der Waals surface area contributed by atoms with Crippen LogP contribution in [0.5, 0.6) is 0 Å². The van der Waals surface area contributed by atoms with E-state index in [1.54, 1.807) is 0 Å². The first-order chi connectivity index (χ1) is 30.2. The highest BCUT2D eigenvalue weighted by molar-refractivity contribution is 6.12. The molecule has 286 valence electrons. The summed E-state index contributed by atoms with van der Waals surface area (Å²) in [6.07, 6.45) is 0. The summed E-state index contributed by atoms with van der Waals surface area (Å²) < 4.78 is 8.71. The molecule has 0 bridgehead atoms. The van der Waals surface area contributed by atoms with Gasteiger partial charge in [-0.05, 0) is 117 Å². The van der Waals surface area contributed by atoms with Crippen LogP contribution in [-0.4, -0.2) is 9.55 Å². The van der Waals surface area contributed by atoms with Crippen LogP contribution in [0.4, 0.5) is 17.1 Å². The number of nitrogens with zero attached hydrogens (tertiary/aromatic N) is 3. The van der Waals surface area contributed by atoms with E-state index in [0.717, 1.165) is 66.8 Å². The molecule has 0 spiro atoms. The molecule has 12 aromatic rings. The Bertz CT molecular complexity index is 3570. The number of hydrogen-bond acceptors (Lipinski definition) is 3. The third-order valence-corrected chi connectivity index (χ3v) is 12.0. The maximum absolute atomic E-state index is 6.32. The maximum Gasteiger partial charge on any atom is 0.227 e. The number of fused-ring (bicyclic) bond motifs is 7. The lowest BCUT2D eigenvalue weighted by molar-refractivity contribution is 0.620. The van der Waals surface area contributed by atoms with Gasteiger partial charge in [0.2, 0.25) is 5.89 Å². The third-order valence-electron chi connectivity index (χ3n) is 12.0. The van der Waals surface area contributed by atoms with Crippen molar-refractivity contribution in [2.24, 2.45) is 0 Å². The second-order valence-electron chi connectivity index (χ2n) is 15.6. The molecule has 10 aromatic carbocycles. The number of aromatic nitrogens is 2. The largest absolute Gasteiger partial charge is 0.436 e. The molecule has 4 heteroatoms. The summed E-state index contributed by atoms with van der Waals surface area (Å²) in [7, 11) is 0. The minimum Gasteiger partial charge on any atom is -0.436 e. The van der Waals surface area contributed by atoms with Crippen LogP contribution in [0, 0.1) is 0 Å². The van der Waals surface area contributed by atoms with Gasteiger partial charge in [-0.2, -0.15) is 0 Å². The predicted molar refractivity (Wildman–Crippen MR) is 254 cm³/mol. The summed E-state index contributed by atoms with van der Waals surface area (Å²) in [6.45, 7) is 0. The van der Waals surface area contributed by atoms with Crippen molar-refractivity contribution in [3.8, 4) is 39.4 Å². The fourth-order valence-corrected chi connectivity index (χ4v) is 9.07. The van der Waals surface area contributed by atoms with Crippen LogP contribution < -0.4 is 4.90 Å². The zero-order valence-corrected chi connectivity index (χ0v) is 33.1. The first kappa shape index (κ1) is 34.8. The quantitative estimate of drug-likeness (QED) is 0.162. The lowest BCUT2D eigenvalue weighted by Crippen LogP contribution is -2.10. The molecule has 0 saturated carbocycles. The van der Waals surface area contributed by atoms with E-state index in [9.17, 15) is 0 Å². The Balaban J connectivity index is 1.00. The van der Waals surface area contributed by atoms with Gasteiger partial charge in [0.15, 0.2) is 5.58 Å². The molecule has 0 N–H and O–H groups in total. The minimum atomic E-state index is 0.624. The van der Waals surface area contributed by atoms with E-state index in [0.29, 0.717) is 5.89 Å². The lowest BCUT2D eigenvalue weighted by Gasteiger charge is -2.26. The number of para-hydroxylation sites is 2. The monoisotopic (exact) mass is 779 g/mol. The lowest BCUT2D eigenvalue weighted by atomic mass is 9.97. The van der Waals surface area contributed by atoms with Crippen LogP contribution in [0.15, 0.2) is 229 Å². The van der Waals surface area contributed by atoms with Gasteiger partial charge < -0.3 is 13.9 Å². The minimum absolute atomic E-state index is 0.624. The molecule has 0 aliphatic heterocycles. The topological polar surface area (TPSA) is 34.2 Å². The molecule has 0 saturated heterocycles. The number of rotatable bonds is 7. The Morgan fingerprint density at radius 1 is 0.393 bits per heavy atom. The average Bonchev–Trinajstić information content (AvgIpc) is 3.92. The molecule has 12 rings (SSSR count). The first-order valence-corrected chi connectivity index (χ1v) is 20.7. The van der Waals surface area contributed by atoms with E-state index in [1.165, 1.54) is 38.2 Å². The van der Waals surface area contributed by atoms with Gasteiger partial charge in [-0.3, -0.25) is 0 Å². The van der Waals surface area contributed by atoms with Crippen LogP contribution in [-0.2, 0) is 0 Å². The van der Waals surface area contributed by atoms with E-state index in [4.69, 9.17) is 9.40 Å². The summed E-state index contributed by atoms with van der Waals surface area (Å²) in [5.74, 6) is 0.624. The van der Waals surface area contributed by atoms with E-state index >= 15 is 0 Å². The summed E-state index contributed by atoms with van der Waals surface area (Å²) in [5.41, 5.74) is 13.9. The molecular formula is C57H37N3O. The number of hydrogen-bond donors (Lipinski definition) is 0. The van der Waals surface area contributed by atoms with Crippen molar-refractivity contribution in [2.75, 3.05) is 4.90 Å². The second-order valence-corrected chi connectivity index (χ2v) is 15.6. The molecule has 61 heavy (non-hydrogen) atoms. The van der Waals surface area contributed by atoms with Gasteiger partial charge in [-0.15, -0.1) is 0 Å². The molecule has 2 heterocycles. The molecule has 0 unspecified atom stereocenters. The SMILES string of the molecule is c1ccc(-c2nc3c(ccc4cccc(-c5ccc(N(c6ccc(-c7ccc8ccccc8c7)cc6)c6ccc7c8ccccc8n(-c8ccccc8)c7c6)cc5)c43)o2)cc1. The van der Waals surface area contributed by atoms with E-state index in [2.05, 4.69) is 198 Å². The van der Waals surface area contributed by atoms with Crippen molar-refractivity contribution in [3.63, 3.8) is 0 Å². The van der Waals surface area contributed by atoms with Crippen molar-refractivity contribution in [1.82, 2.24) is 9.55 Å². The number of anilines is 3. The molecule has 0 atom stereocenters. The molecule has 0 aliphatic rings. The predicted octanol–water partition coefficient (Wildman–Crippen LogP) is 15.7. The Kier molecular flexibility index (Phi) is 8.13. The fraction of sp³-hybridized carbons (Fsp3) is 0.